The Morgan fingerprint density at radius 1 is 1.08 bits per heavy atom. The lowest BCUT2D eigenvalue weighted by Gasteiger charge is -2.66. The number of hydrogen-bond acceptors (Lipinski definition) is 6. The summed E-state index contributed by atoms with van der Waals surface area (Å²) in [5.41, 5.74) is -2.39. The molecule has 0 aromatic carbocycles. The number of ketones is 1. The number of aliphatic hydroxyl groups excluding tert-OH is 5. The first-order chi connectivity index (χ1) is 12.1. The Labute approximate surface area is 153 Å². The highest BCUT2D eigenvalue weighted by molar-refractivity contribution is 6.04. The molecule has 146 valence electrons. The van der Waals surface area contributed by atoms with Gasteiger partial charge < -0.3 is 25.5 Å². The summed E-state index contributed by atoms with van der Waals surface area (Å²) in [6.45, 7) is 7.47. The summed E-state index contributed by atoms with van der Waals surface area (Å²) in [5, 5.41) is 53.4. The maximum Gasteiger partial charge on any atom is 0.170 e. The highest BCUT2D eigenvalue weighted by atomic mass is 16.3. The Morgan fingerprint density at radius 2 is 1.73 bits per heavy atom. The average Bonchev–Trinajstić information content (AvgIpc) is 2.73. The molecule has 10 unspecified atom stereocenters. The van der Waals surface area contributed by atoms with Crippen LogP contribution in [-0.4, -0.2) is 62.3 Å². The molecule has 4 fully saturated rings. The Bertz CT molecular complexity index is 663. The first-order valence-electron chi connectivity index (χ1n) is 9.63. The summed E-state index contributed by atoms with van der Waals surface area (Å²) >= 11 is 0. The third kappa shape index (κ3) is 1.78. The molecule has 6 nitrogen and oxygen atoms in total. The first-order valence-corrected chi connectivity index (χ1v) is 9.63. The summed E-state index contributed by atoms with van der Waals surface area (Å²) in [6, 6.07) is 0. The van der Waals surface area contributed by atoms with E-state index in [-0.39, 0.29) is 30.3 Å². The van der Waals surface area contributed by atoms with Gasteiger partial charge in [0.15, 0.2) is 5.78 Å². The van der Waals surface area contributed by atoms with Crippen molar-refractivity contribution in [2.24, 2.45) is 34.0 Å². The van der Waals surface area contributed by atoms with E-state index >= 15 is 0 Å². The van der Waals surface area contributed by atoms with Crippen molar-refractivity contribution < 1.29 is 30.3 Å². The number of aliphatic hydroxyl groups is 5. The summed E-state index contributed by atoms with van der Waals surface area (Å²) in [6.07, 6.45) is -2.14. The Balaban J connectivity index is 1.89. The lowest BCUT2D eigenvalue weighted by Crippen LogP contribution is -2.70. The molecular weight excluding hydrogens is 336 g/mol. The van der Waals surface area contributed by atoms with Gasteiger partial charge in [0.25, 0.3) is 0 Å². The molecule has 0 aromatic heterocycles. The van der Waals surface area contributed by atoms with Crippen molar-refractivity contribution in [2.45, 2.75) is 63.9 Å². The van der Waals surface area contributed by atoms with Gasteiger partial charge in [0.2, 0.25) is 0 Å². The summed E-state index contributed by atoms with van der Waals surface area (Å²) in [4.78, 5) is 13.2. The maximum absolute atomic E-state index is 13.2. The third-order valence-corrected chi connectivity index (χ3v) is 8.84. The van der Waals surface area contributed by atoms with Crippen LogP contribution in [-0.2, 0) is 4.79 Å². The average molecular weight is 366 g/mol. The van der Waals surface area contributed by atoms with E-state index in [0.29, 0.717) is 19.3 Å². The van der Waals surface area contributed by atoms with Crippen LogP contribution in [0.15, 0.2) is 12.2 Å². The molecule has 4 aliphatic carbocycles. The molecule has 0 radical (unpaired) electrons. The number of fused-ring (bicyclic) bond motifs is 3. The van der Waals surface area contributed by atoms with E-state index in [1.807, 2.05) is 13.8 Å². The van der Waals surface area contributed by atoms with Gasteiger partial charge >= 0.3 is 0 Å². The van der Waals surface area contributed by atoms with Crippen LogP contribution in [0.2, 0.25) is 0 Å². The van der Waals surface area contributed by atoms with Gasteiger partial charge in [0.05, 0.1) is 36.4 Å². The van der Waals surface area contributed by atoms with Gasteiger partial charge in [-0.3, -0.25) is 4.79 Å². The number of hydrogen-bond donors (Lipinski definition) is 5. The fourth-order valence-electron chi connectivity index (χ4n) is 7.36. The highest BCUT2D eigenvalue weighted by Crippen LogP contribution is 2.70. The molecule has 26 heavy (non-hydrogen) atoms. The molecule has 5 N–H and O–H groups in total. The van der Waals surface area contributed by atoms with E-state index in [9.17, 15) is 30.3 Å². The molecule has 0 saturated heterocycles. The van der Waals surface area contributed by atoms with E-state index in [0.717, 1.165) is 0 Å². The van der Waals surface area contributed by atoms with Gasteiger partial charge in [0, 0.05) is 11.3 Å². The number of carbonyl (C=O) groups is 1. The molecule has 0 aromatic rings. The SMILES string of the molecule is C=C1C(=O)C23C(O)CC4C(C)(CO)C(O)CCC4(C)C2CC(O)C1C3O. The minimum absolute atomic E-state index is 0.213. The van der Waals surface area contributed by atoms with Gasteiger partial charge in [-0.1, -0.05) is 20.4 Å². The normalized spacial score (nSPS) is 59.1. The van der Waals surface area contributed by atoms with Gasteiger partial charge in [-0.05, 0) is 48.5 Å². The second kappa shape index (κ2) is 5.39. The molecule has 0 amide bonds. The van der Waals surface area contributed by atoms with Crippen molar-refractivity contribution in [2.75, 3.05) is 6.61 Å². The van der Waals surface area contributed by atoms with Crippen LogP contribution in [0.25, 0.3) is 0 Å². The molecule has 10 atom stereocenters. The predicted molar refractivity (Wildman–Crippen MR) is 92.8 cm³/mol. The lowest BCUT2D eigenvalue weighted by molar-refractivity contribution is -0.256. The number of Topliss-reactive ketones (excluding diaryl/α,β-unsaturated/α-hetero) is 1. The zero-order chi connectivity index (χ0) is 19.2. The van der Waals surface area contributed by atoms with Crippen molar-refractivity contribution in [3.63, 3.8) is 0 Å². The molecule has 4 aliphatic rings. The number of rotatable bonds is 1. The molecular formula is C20H30O6. The molecule has 2 bridgehead atoms. The van der Waals surface area contributed by atoms with Crippen LogP contribution < -0.4 is 0 Å². The molecule has 6 heteroatoms. The fourth-order valence-corrected chi connectivity index (χ4v) is 7.36. The quantitative estimate of drug-likeness (QED) is 0.417. The van der Waals surface area contributed by atoms with Crippen molar-refractivity contribution in [3.05, 3.63) is 12.2 Å². The van der Waals surface area contributed by atoms with Crippen molar-refractivity contribution in [1.82, 2.24) is 0 Å². The van der Waals surface area contributed by atoms with E-state index < -0.39 is 52.5 Å². The number of carbonyl (C=O) groups excluding carboxylic acids is 1. The van der Waals surface area contributed by atoms with Crippen LogP contribution in [0.1, 0.15) is 39.5 Å². The largest absolute Gasteiger partial charge is 0.396 e. The van der Waals surface area contributed by atoms with Crippen molar-refractivity contribution in [1.29, 1.82) is 0 Å². The minimum Gasteiger partial charge on any atom is -0.396 e. The summed E-state index contributed by atoms with van der Waals surface area (Å²) in [5.74, 6) is -1.67. The molecule has 0 aliphatic heterocycles. The van der Waals surface area contributed by atoms with Crippen LogP contribution in [0, 0.1) is 34.0 Å². The van der Waals surface area contributed by atoms with Gasteiger partial charge in [-0.25, -0.2) is 0 Å². The Hall–Kier alpha value is -0.790. The van der Waals surface area contributed by atoms with Crippen molar-refractivity contribution >= 4 is 5.78 Å². The van der Waals surface area contributed by atoms with E-state index in [2.05, 4.69) is 6.58 Å². The smallest absolute Gasteiger partial charge is 0.170 e. The lowest BCUT2D eigenvalue weighted by atomic mass is 9.39. The highest BCUT2D eigenvalue weighted by Gasteiger charge is 2.76. The third-order valence-electron chi connectivity index (χ3n) is 8.84. The Morgan fingerprint density at radius 3 is 2.35 bits per heavy atom. The molecule has 0 heterocycles. The van der Waals surface area contributed by atoms with Crippen LogP contribution >= 0.6 is 0 Å². The minimum atomic E-state index is -1.33. The topological polar surface area (TPSA) is 118 Å². The van der Waals surface area contributed by atoms with Crippen LogP contribution in [0.4, 0.5) is 0 Å². The van der Waals surface area contributed by atoms with E-state index in [4.69, 9.17) is 0 Å². The predicted octanol–water partition coefficient (Wildman–Crippen LogP) is 0.01000. The van der Waals surface area contributed by atoms with E-state index in [1.165, 1.54) is 0 Å². The van der Waals surface area contributed by atoms with Gasteiger partial charge in [-0.15, -0.1) is 0 Å². The first kappa shape index (κ1) is 18.6. The van der Waals surface area contributed by atoms with E-state index in [1.54, 1.807) is 0 Å². The molecule has 1 spiro atoms. The van der Waals surface area contributed by atoms with Gasteiger partial charge in [-0.2, -0.15) is 0 Å². The zero-order valence-corrected chi connectivity index (χ0v) is 15.4. The monoisotopic (exact) mass is 366 g/mol. The summed E-state index contributed by atoms with van der Waals surface area (Å²) < 4.78 is 0. The molecule has 4 saturated carbocycles. The van der Waals surface area contributed by atoms with Crippen LogP contribution in [0.5, 0.6) is 0 Å². The fraction of sp³-hybridized carbons (Fsp3) is 0.850. The van der Waals surface area contributed by atoms with Crippen molar-refractivity contribution in [3.8, 4) is 0 Å². The second-order valence-corrected chi connectivity index (χ2v) is 9.64. The Kier molecular flexibility index (Phi) is 3.85. The molecule has 4 rings (SSSR count). The summed E-state index contributed by atoms with van der Waals surface area (Å²) in [7, 11) is 0. The zero-order valence-electron chi connectivity index (χ0n) is 15.4. The van der Waals surface area contributed by atoms with Gasteiger partial charge in [0.1, 0.15) is 0 Å². The standard InChI is InChI=1S/C20H30O6/c1-9-15-10(22)6-12-18(2)5-4-13(23)19(3,8-21)11(18)7-14(24)20(12,16(9)25)17(15)26/h10-15,17,21-24,26H,1,4-8H2,2-3H3. The van der Waals surface area contributed by atoms with Crippen LogP contribution in [0.3, 0.4) is 0 Å². The second-order valence-electron chi connectivity index (χ2n) is 9.64. The maximum atomic E-state index is 13.2.